The summed E-state index contributed by atoms with van der Waals surface area (Å²) in [6.45, 7) is 5.78. The van der Waals surface area contributed by atoms with Gasteiger partial charge >= 0.3 is 30.2 Å². The van der Waals surface area contributed by atoms with E-state index in [1.54, 1.807) is 20.8 Å². The summed E-state index contributed by atoms with van der Waals surface area (Å²) in [6, 6.07) is 5.48. The molecule has 2 fully saturated rings. The highest BCUT2D eigenvalue weighted by molar-refractivity contribution is 7.89. The van der Waals surface area contributed by atoms with Gasteiger partial charge in [0.25, 0.3) is 0 Å². The van der Waals surface area contributed by atoms with Crippen LogP contribution in [0.2, 0.25) is 0 Å². The molecule has 2 aliphatic heterocycles. The normalized spacial score (nSPS) is 16.1. The fraction of sp³-hybridized carbons (Fsp3) is 0.538. The predicted octanol–water partition coefficient (Wildman–Crippen LogP) is 4.50. The first-order valence-electron chi connectivity index (χ1n) is 19.9. The summed E-state index contributed by atoms with van der Waals surface area (Å²) in [7, 11) is -7.46. The average molecular weight is 989 g/mol. The molecule has 2 aliphatic rings. The third kappa shape index (κ3) is 19.9. The van der Waals surface area contributed by atoms with Crippen molar-refractivity contribution in [1.29, 1.82) is 0 Å². The molecule has 2 aromatic heterocycles. The molecule has 4 heterocycles. The summed E-state index contributed by atoms with van der Waals surface area (Å²) in [4.78, 5) is 50.1. The third-order valence-corrected chi connectivity index (χ3v) is 13.0. The number of sulfonamides is 2. The van der Waals surface area contributed by atoms with Crippen LogP contribution in [0.15, 0.2) is 70.3 Å². The Kier molecular flexibility index (Phi) is 22.3. The van der Waals surface area contributed by atoms with Gasteiger partial charge in [-0.3, -0.25) is 9.59 Å². The Morgan fingerprint density at radius 3 is 1.41 bits per heavy atom. The second-order valence-corrected chi connectivity index (χ2v) is 19.4. The molecule has 370 valence electrons. The second-order valence-electron chi connectivity index (χ2n) is 15.5. The number of hydrogen-bond donors (Lipinski definition) is 5. The zero-order chi connectivity index (χ0) is 49.9. The van der Waals surface area contributed by atoms with Crippen molar-refractivity contribution in [2.45, 2.75) is 80.9 Å². The molecule has 2 aromatic rings. The molecule has 66 heavy (non-hydrogen) atoms. The molecule has 0 radical (unpaired) electrons. The van der Waals surface area contributed by atoms with Crippen molar-refractivity contribution in [2.24, 2.45) is 17.6 Å². The van der Waals surface area contributed by atoms with Gasteiger partial charge in [-0.15, -0.1) is 0 Å². The van der Waals surface area contributed by atoms with Gasteiger partial charge < -0.3 is 40.6 Å². The van der Waals surface area contributed by atoms with E-state index in [1.807, 2.05) is 0 Å². The molecule has 0 atom stereocenters. The van der Waals surface area contributed by atoms with Crippen molar-refractivity contribution in [2.75, 3.05) is 52.5 Å². The number of pyridine rings is 2. The van der Waals surface area contributed by atoms with E-state index in [0.29, 0.717) is 38.3 Å². The summed E-state index contributed by atoms with van der Waals surface area (Å²) >= 11 is 0. The molecule has 1 amide bonds. The number of carboxylic acids is 3. The summed E-state index contributed by atoms with van der Waals surface area (Å²) in [5.74, 6) is -4.30. The van der Waals surface area contributed by atoms with E-state index in [4.69, 9.17) is 40.1 Å². The molecule has 6 N–H and O–H groups in total. The zero-order valence-electron chi connectivity index (χ0n) is 36.1. The first-order chi connectivity index (χ1) is 30.7. The van der Waals surface area contributed by atoms with Gasteiger partial charge in [-0.25, -0.2) is 45.2 Å². The van der Waals surface area contributed by atoms with Gasteiger partial charge in [0.2, 0.25) is 31.8 Å². The fourth-order valence-electron chi connectivity index (χ4n) is 5.80. The lowest BCUT2D eigenvalue weighted by Gasteiger charge is -2.30. The Balaban J connectivity index is 0.000000404. The van der Waals surface area contributed by atoms with Crippen LogP contribution in [-0.2, 0) is 39.2 Å². The minimum Gasteiger partial charge on any atom is -0.481 e. The van der Waals surface area contributed by atoms with Gasteiger partial charge in [-0.05, 0) is 70.4 Å². The molecule has 20 nitrogen and oxygen atoms in total. The number of carbonyl (C=O) groups is 4. The number of hydrogen-bond acceptors (Lipinski definition) is 14. The number of ether oxygens (including phenoxy) is 3. The van der Waals surface area contributed by atoms with Crippen molar-refractivity contribution < 1.29 is 87.5 Å². The monoisotopic (exact) mass is 988 g/mol. The number of carboxylic acid groups (broad SMARTS) is 3. The van der Waals surface area contributed by atoms with Gasteiger partial charge in [0.05, 0.1) is 25.1 Å². The SMILES string of the molecule is CC(C)(C)OC(=O)NCC(=CF)COc1ccc(S(=O)(=O)N2CCC(CC(=O)O)CC2)cn1.NC/C(=C/F)COc1ccc(S(=O)(=O)N2CCC(CC(=O)O)CC2)cn1.O=C(O)C(F)(F)F. The van der Waals surface area contributed by atoms with Gasteiger partial charge in [0.1, 0.15) is 28.6 Å². The van der Waals surface area contributed by atoms with Gasteiger partial charge in [-0.2, -0.15) is 21.8 Å². The van der Waals surface area contributed by atoms with Crippen molar-refractivity contribution in [3.8, 4) is 11.8 Å². The van der Waals surface area contributed by atoms with Gasteiger partial charge in [0.15, 0.2) is 0 Å². The Morgan fingerprint density at radius 2 is 1.12 bits per heavy atom. The van der Waals surface area contributed by atoms with Crippen LogP contribution in [0.4, 0.5) is 26.7 Å². The summed E-state index contributed by atoms with van der Waals surface area (Å²) in [5, 5.41) is 27.2. The van der Waals surface area contributed by atoms with E-state index in [0.717, 1.165) is 6.20 Å². The molecule has 0 spiro atoms. The molecular formula is C39H53F5N6O14S2. The quantitative estimate of drug-likeness (QED) is 0.136. The maximum absolute atomic E-state index is 13.1. The summed E-state index contributed by atoms with van der Waals surface area (Å²) < 4.78 is 127. The smallest absolute Gasteiger partial charge is 0.481 e. The van der Waals surface area contributed by atoms with Crippen LogP contribution < -0.4 is 20.5 Å². The molecule has 2 saturated heterocycles. The molecule has 0 aromatic carbocycles. The molecule has 0 unspecified atom stereocenters. The Morgan fingerprint density at radius 1 is 0.742 bits per heavy atom. The molecule has 0 saturated carbocycles. The molecule has 0 bridgehead atoms. The molecular weight excluding hydrogens is 936 g/mol. The number of alkyl halides is 3. The lowest BCUT2D eigenvalue weighted by Crippen LogP contribution is -2.38. The number of halogens is 5. The number of amides is 1. The predicted molar refractivity (Wildman–Crippen MR) is 222 cm³/mol. The average Bonchev–Trinajstić information content (AvgIpc) is 3.24. The highest BCUT2D eigenvalue weighted by Crippen LogP contribution is 2.28. The second kappa shape index (κ2) is 26.0. The van der Waals surface area contributed by atoms with Crippen LogP contribution in [0.1, 0.15) is 59.3 Å². The number of aromatic nitrogens is 2. The first kappa shape index (κ1) is 56.6. The number of rotatable bonds is 17. The highest BCUT2D eigenvalue weighted by Gasteiger charge is 2.38. The van der Waals surface area contributed by atoms with E-state index in [9.17, 15) is 53.2 Å². The minimum atomic E-state index is -5.08. The number of alkyl carbamates (subject to hydrolysis) is 1. The van der Waals surface area contributed by atoms with E-state index in [-0.39, 0.29) is 110 Å². The number of piperidine rings is 2. The van der Waals surface area contributed by atoms with Crippen molar-refractivity contribution in [3.05, 3.63) is 60.5 Å². The standard InChI is InChI=1S/C21H30FN3O7S.C16H22FN3O5S.C2HF3O2/c1-21(2,3)32-20(28)24-12-16(11-22)14-31-18-5-4-17(13-23-18)33(29,30)25-8-6-15(7-9-25)10-19(26)27;17-8-13(9-18)11-25-15-2-1-14(10-19-15)26(23,24)20-5-3-12(4-6-20)7-16(21)22;3-2(4,5)1(6)7/h4-5,11,13,15H,6-10,12,14H2,1-3H3,(H,24,28)(H,26,27);1-2,8,10,12H,3-7,9,11,18H2,(H,21,22);(H,6,7)/b;13-8-;. The molecule has 27 heteroatoms. The minimum absolute atomic E-state index is 0.00634. The van der Waals surface area contributed by atoms with Crippen LogP contribution >= 0.6 is 0 Å². The van der Waals surface area contributed by atoms with Gasteiger partial charge in [-0.1, -0.05) is 0 Å². The Bertz CT molecular complexity index is 2190. The lowest BCUT2D eigenvalue weighted by molar-refractivity contribution is -0.192. The third-order valence-electron chi connectivity index (χ3n) is 9.25. The van der Waals surface area contributed by atoms with Crippen LogP contribution in [0.25, 0.3) is 0 Å². The van der Waals surface area contributed by atoms with Crippen LogP contribution in [-0.4, -0.2) is 139 Å². The Labute approximate surface area is 377 Å². The van der Waals surface area contributed by atoms with E-state index in [1.165, 1.54) is 39.1 Å². The highest BCUT2D eigenvalue weighted by atomic mass is 32.2. The van der Waals surface area contributed by atoms with E-state index in [2.05, 4.69) is 15.3 Å². The largest absolute Gasteiger partial charge is 0.490 e. The van der Waals surface area contributed by atoms with Crippen LogP contribution in [0.5, 0.6) is 11.8 Å². The molecule has 4 rings (SSSR count). The number of carbonyl (C=O) groups excluding carboxylic acids is 1. The van der Waals surface area contributed by atoms with Crippen LogP contribution in [0.3, 0.4) is 0 Å². The van der Waals surface area contributed by atoms with Crippen LogP contribution in [0, 0.1) is 11.8 Å². The summed E-state index contributed by atoms with van der Waals surface area (Å²) in [5.41, 5.74) is 5.03. The fourth-order valence-corrected chi connectivity index (χ4v) is 8.63. The first-order valence-corrected chi connectivity index (χ1v) is 22.7. The zero-order valence-corrected chi connectivity index (χ0v) is 37.7. The van der Waals surface area contributed by atoms with Gasteiger partial charge in [0, 0.05) is 75.4 Å². The maximum Gasteiger partial charge on any atom is 0.490 e. The number of nitrogens with zero attached hydrogens (tertiary/aromatic N) is 4. The van der Waals surface area contributed by atoms with Crippen molar-refractivity contribution in [3.63, 3.8) is 0 Å². The van der Waals surface area contributed by atoms with E-state index < -0.39 is 55.8 Å². The topological polar surface area (TPSA) is 295 Å². The lowest BCUT2D eigenvalue weighted by atomic mass is 9.95. The Hall–Kier alpha value is -5.51. The molecule has 0 aliphatic carbocycles. The summed E-state index contributed by atoms with van der Waals surface area (Å²) in [6.07, 6.45) is -0.677. The number of nitrogens with two attached hydrogens (primary N) is 1. The number of nitrogens with one attached hydrogen (secondary N) is 1. The van der Waals surface area contributed by atoms with Crippen molar-refractivity contribution in [1.82, 2.24) is 23.9 Å². The van der Waals surface area contributed by atoms with E-state index >= 15 is 0 Å². The maximum atomic E-state index is 13.1. The van der Waals surface area contributed by atoms with Crippen molar-refractivity contribution >= 4 is 44.0 Å². The number of aliphatic carboxylic acids is 3.